The van der Waals surface area contributed by atoms with E-state index in [2.05, 4.69) is 10.3 Å². The summed E-state index contributed by atoms with van der Waals surface area (Å²) in [5, 5.41) is 22.6. The molecule has 8 heteroatoms. The molecular weight excluding hydrogens is 270 g/mol. The first-order valence-electron chi connectivity index (χ1n) is 5.60. The van der Waals surface area contributed by atoms with Crippen molar-refractivity contribution in [1.29, 1.82) is 0 Å². The number of hydrogen-bond donors (Lipinski definition) is 2. The van der Waals surface area contributed by atoms with E-state index in [1.165, 1.54) is 0 Å². The Morgan fingerprint density at radius 1 is 1.63 bits per heavy atom. The minimum atomic E-state index is -1.21. The molecule has 0 saturated heterocycles. The van der Waals surface area contributed by atoms with Gasteiger partial charge in [-0.3, -0.25) is 10.1 Å². The Labute approximate surface area is 114 Å². The van der Waals surface area contributed by atoms with E-state index in [0.29, 0.717) is 0 Å². The Hall–Kier alpha value is -1.83. The summed E-state index contributed by atoms with van der Waals surface area (Å²) in [7, 11) is 0. The molecule has 0 amide bonds. The molecule has 104 valence electrons. The quantitative estimate of drug-likeness (QED) is 0.584. The molecule has 0 aliphatic heterocycles. The molecular formula is C11H15N3O4S. The van der Waals surface area contributed by atoms with Gasteiger partial charge in [-0.05, 0) is 31.4 Å². The number of carbonyl (C=O) groups is 1. The summed E-state index contributed by atoms with van der Waals surface area (Å²) in [4.78, 5) is 24.9. The smallest absolute Gasteiger partial charge is 0.354 e. The number of nitrogens with one attached hydrogen (secondary N) is 1. The number of nitro groups is 1. The van der Waals surface area contributed by atoms with Crippen LogP contribution in [0.2, 0.25) is 0 Å². The van der Waals surface area contributed by atoms with Crippen molar-refractivity contribution in [3.05, 3.63) is 27.9 Å². The number of carboxylic acids is 1. The molecule has 1 rings (SSSR count). The number of nitrogens with zero attached hydrogens (tertiary/aromatic N) is 2. The normalized spacial score (nSPS) is 11.9. The zero-order chi connectivity index (χ0) is 14.4. The molecule has 1 aromatic heterocycles. The number of aromatic nitrogens is 1. The van der Waals surface area contributed by atoms with Gasteiger partial charge in [-0.1, -0.05) is 0 Å². The molecule has 1 atom stereocenters. The Bertz CT molecular complexity index is 481. The van der Waals surface area contributed by atoms with E-state index in [9.17, 15) is 14.9 Å². The van der Waals surface area contributed by atoms with Gasteiger partial charge >= 0.3 is 11.7 Å². The van der Waals surface area contributed by atoms with E-state index < -0.39 is 10.9 Å². The molecule has 1 heterocycles. The lowest BCUT2D eigenvalue weighted by atomic mass is 10.2. The van der Waals surface area contributed by atoms with Crippen LogP contribution in [-0.2, 0) is 0 Å². The van der Waals surface area contributed by atoms with Crippen LogP contribution in [0.3, 0.4) is 0 Å². The molecule has 0 bridgehead atoms. The molecule has 0 fully saturated rings. The number of rotatable bonds is 7. The maximum atomic E-state index is 10.9. The Morgan fingerprint density at radius 2 is 2.32 bits per heavy atom. The third-order valence-corrected chi connectivity index (χ3v) is 3.07. The fourth-order valence-electron chi connectivity index (χ4n) is 1.42. The van der Waals surface area contributed by atoms with Gasteiger partial charge in [-0.15, -0.1) is 0 Å². The van der Waals surface area contributed by atoms with Crippen molar-refractivity contribution >= 4 is 29.2 Å². The summed E-state index contributed by atoms with van der Waals surface area (Å²) in [6.07, 6.45) is 2.77. The fourth-order valence-corrected chi connectivity index (χ4v) is 2.01. The molecule has 1 aromatic rings. The third-order valence-electron chi connectivity index (χ3n) is 2.43. The van der Waals surface area contributed by atoms with E-state index in [4.69, 9.17) is 5.11 Å². The highest BCUT2D eigenvalue weighted by Crippen LogP contribution is 2.23. The van der Waals surface area contributed by atoms with Gasteiger partial charge in [-0.2, -0.15) is 11.8 Å². The number of anilines is 1. The van der Waals surface area contributed by atoms with Gasteiger partial charge in [0.2, 0.25) is 5.82 Å². The summed E-state index contributed by atoms with van der Waals surface area (Å²) in [6.45, 7) is 1.87. The van der Waals surface area contributed by atoms with E-state index in [0.717, 1.165) is 24.3 Å². The maximum Gasteiger partial charge on any atom is 0.354 e. The highest BCUT2D eigenvalue weighted by molar-refractivity contribution is 7.98. The zero-order valence-corrected chi connectivity index (χ0v) is 11.4. The first-order valence-corrected chi connectivity index (χ1v) is 6.99. The van der Waals surface area contributed by atoms with Gasteiger partial charge in [0.15, 0.2) is 5.69 Å². The van der Waals surface area contributed by atoms with Crippen LogP contribution in [0.25, 0.3) is 0 Å². The topological polar surface area (TPSA) is 105 Å². The average Bonchev–Trinajstić information content (AvgIpc) is 2.35. The lowest BCUT2D eigenvalue weighted by Crippen LogP contribution is -2.18. The third kappa shape index (κ3) is 4.40. The number of pyridine rings is 1. The second kappa shape index (κ2) is 6.93. The lowest BCUT2D eigenvalue weighted by Gasteiger charge is -2.14. The number of aromatic carboxylic acids is 1. The van der Waals surface area contributed by atoms with Crippen LogP contribution in [-0.4, -0.2) is 39.0 Å². The van der Waals surface area contributed by atoms with Gasteiger partial charge in [0.25, 0.3) is 0 Å². The van der Waals surface area contributed by atoms with Crippen molar-refractivity contribution in [2.24, 2.45) is 0 Å². The Morgan fingerprint density at radius 3 is 2.84 bits per heavy atom. The van der Waals surface area contributed by atoms with Gasteiger partial charge in [0.05, 0.1) is 4.92 Å². The molecule has 2 N–H and O–H groups in total. The van der Waals surface area contributed by atoms with Crippen LogP contribution in [0, 0.1) is 10.1 Å². The molecule has 0 spiro atoms. The summed E-state index contributed by atoms with van der Waals surface area (Å²) in [5.74, 6) is -0.311. The minimum Gasteiger partial charge on any atom is -0.477 e. The fraction of sp³-hybridized carbons (Fsp3) is 0.455. The summed E-state index contributed by atoms with van der Waals surface area (Å²) in [5.41, 5.74) is -0.439. The van der Waals surface area contributed by atoms with Gasteiger partial charge in [-0.25, -0.2) is 9.78 Å². The molecule has 1 unspecified atom stereocenters. The van der Waals surface area contributed by atoms with Crippen molar-refractivity contribution in [1.82, 2.24) is 4.98 Å². The van der Waals surface area contributed by atoms with E-state index in [1.807, 2.05) is 13.2 Å². The highest BCUT2D eigenvalue weighted by Gasteiger charge is 2.19. The number of hydrogen-bond acceptors (Lipinski definition) is 6. The van der Waals surface area contributed by atoms with Gasteiger partial charge in [0.1, 0.15) is 0 Å². The molecule has 0 aromatic carbocycles. The van der Waals surface area contributed by atoms with Crippen LogP contribution in [0.5, 0.6) is 0 Å². The van der Waals surface area contributed by atoms with Gasteiger partial charge in [0, 0.05) is 12.1 Å². The maximum absolute atomic E-state index is 10.9. The first kappa shape index (κ1) is 15.2. The van der Waals surface area contributed by atoms with Crippen LogP contribution >= 0.6 is 11.8 Å². The minimum absolute atomic E-state index is 0.00139. The molecule has 0 radical (unpaired) electrons. The lowest BCUT2D eigenvalue weighted by molar-refractivity contribution is -0.384. The van der Waals surface area contributed by atoms with E-state index in [-0.39, 0.29) is 23.2 Å². The summed E-state index contributed by atoms with van der Waals surface area (Å²) in [6, 6.07) is 2.25. The summed E-state index contributed by atoms with van der Waals surface area (Å²) >= 11 is 1.67. The van der Waals surface area contributed by atoms with Crippen molar-refractivity contribution in [3.63, 3.8) is 0 Å². The molecule has 19 heavy (non-hydrogen) atoms. The Balaban J connectivity index is 2.97. The van der Waals surface area contributed by atoms with Crippen molar-refractivity contribution in [3.8, 4) is 0 Å². The van der Waals surface area contributed by atoms with Crippen LogP contribution in [0.4, 0.5) is 11.5 Å². The van der Waals surface area contributed by atoms with Crippen LogP contribution in [0.15, 0.2) is 12.1 Å². The number of thioether (sulfide) groups is 1. The van der Waals surface area contributed by atoms with Crippen molar-refractivity contribution in [2.75, 3.05) is 17.3 Å². The second-order valence-electron chi connectivity index (χ2n) is 3.95. The molecule has 0 aliphatic rings. The number of carboxylic acid groups (broad SMARTS) is 1. The average molecular weight is 285 g/mol. The van der Waals surface area contributed by atoms with E-state index >= 15 is 0 Å². The van der Waals surface area contributed by atoms with E-state index in [1.54, 1.807) is 11.8 Å². The molecule has 0 saturated carbocycles. The monoisotopic (exact) mass is 285 g/mol. The molecule has 0 aliphatic carbocycles. The predicted octanol–water partition coefficient (Wildman–Crippen LogP) is 2.24. The zero-order valence-electron chi connectivity index (χ0n) is 10.6. The standard InChI is InChI=1S/C11H15N3O4S/c1-7(5-6-19-2)12-10-9(14(17)18)4-3-8(13-10)11(15)16/h3-4,7H,5-6H2,1-2H3,(H,12,13)(H,15,16). The largest absolute Gasteiger partial charge is 0.477 e. The van der Waals surface area contributed by atoms with Crippen molar-refractivity contribution in [2.45, 2.75) is 19.4 Å². The van der Waals surface area contributed by atoms with Gasteiger partial charge < -0.3 is 10.4 Å². The van der Waals surface area contributed by atoms with Crippen LogP contribution in [0.1, 0.15) is 23.8 Å². The Kier molecular flexibility index (Phi) is 5.56. The summed E-state index contributed by atoms with van der Waals surface area (Å²) < 4.78 is 0. The second-order valence-corrected chi connectivity index (χ2v) is 4.94. The highest BCUT2D eigenvalue weighted by atomic mass is 32.2. The first-order chi connectivity index (χ1) is 8.95. The SMILES string of the molecule is CSCCC(C)Nc1nc(C(=O)O)ccc1[N+](=O)[O-]. The molecule has 7 nitrogen and oxygen atoms in total. The van der Waals surface area contributed by atoms with Crippen LogP contribution < -0.4 is 5.32 Å². The van der Waals surface area contributed by atoms with Crippen molar-refractivity contribution < 1.29 is 14.8 Å². The predicted molar refractivity (Wildman–Crippen MR) is 73.9 cm³/mol.